The number of methoxy groups -OCH3 is 1. The first-order chi connectivity index (χ1) is 11.5. The van der Waals surface area contributed by atoms with Crippen molar-refractivity contribution >= 4 is 29.9 Å². The summed E-state index contributed by atoms with van der Waals surface area (Å²) in [6.07, 6.45) is 0. The third kappa shape index (κ3) is 63.0. The van der Waals surface area contributed by atoms with Crippen LogP contribution in [-0.2, 0) is 4.74 Å². The minimum atomic E-state index is -2.17. The average Bonchev–Trinajstić information content (AvgIpc) is 2.43. The van der Waals surface area contributed by atoms with E-state index in [9.17, 15) is 4.80 Å². The Morgan fingerprint density at radius 2 is 0.938 bits per heavy atom. The highest BCUT2D eigenvalue weighted by molar-refractivity contribution is 6.83. The summed E-state index contributed by atoms with van der Waals surface area (Å²) in [5.41, 5.74) is 0. The van der Waals surface area contributed by atoms with Crippen LogP contribution in [0.4, 0.5) is 0 Å². The average molecular weight is 519 g/mol. The van der Waals surface area contributed by atoms with E-state index in [0.29, 0.717) is 0 Å². The molecule has 0 spiro atoms. The summed E-state index contributed by atoms with van der Waals surface area (Å²) < 4.78 is 10.0. The Morgan fingerprint density at radius 1 is 0.688 bits per heavy atom. The van der Waals surface area contributed by atoms with Crippen molar-refractivity contribution in [2.24, 2.45) is 0 Å². The van der Waals surface area contributed by atoms with Gasteiger partial charge in [0.25, 0.3) is 0 Å². The van der Waals surface area contributed by atoms with E-state index in [4.69, 9.17) is 24.2 Å². The molecule has 9 heteroatoms. The number of ether oxygens (including phenoxy) is 2. The Bertz CT molecular complexity index is 427. The van der Waals surface area contributed by atoms with Gasteiger partial charge in [-0.25, -0.2) is 0 Å². The van der Waals surface area contributed by atoms with E-state index in [0.717, 1.165) is 10.9 Å². The SMILES string of the molecule is C.C.C.C.C.C.COCOc1ccc([Si](C)(C)O)cc1.C[Si](C)(C)C.C[Si](C)(C)O.O=O. The highest BCUT2D eigenvalue weighted by atomic mass is 28.4. The van der Waals surface area contributed by atoms with E-state index in [2.05, 4.69) is 26.2 Å². The molecule has 0 bridgehead atoms. The van der Waals surface area contributed by atoms with Crippen LogP contribution in [0.3, 0.4) is 0 Å². The quantitative estimate of drug-likeness (QED) is 0.313. The van der Waals surface area contributed by atoms with E-state index in [1.807, 2.05) is 57.0 Å². The van der Waals surface area contributed by atoms with Gasteiger partial charge in [-0.05, 0) is 50.1 Å². The van der Waals surface area contributed by atoms with Crippen LogP contribution in [0.1, 0.15) is 44.6 Å². The Morgan fingerprint density at radius 3 is 1.12 bits per heavy atom. The van der Waals surface area contributed by atoms with Gasteiger partial charge in [-0.2, -0.15) is 0 Å². The number of benzene rings is 1. The maximum Gasteiger partial charge on any atom is 0.213 e. The fourth-order valence-corrected chi connectivity index (χ4v) is 2.07. The lowest BCUT2D eigenvalue weighted by Gasteiger charge is -2.14. The zero-order valence-electron chi connectivity index (χ0n) is 18.0. The molecule has 0 atom stereocenters. The summed E-state index contributed by atoms with van der Waals surface area (Å²) >= 11 is 0. The van der Waals surface area contributed by atoms with Gasteiger partial charge in [0.15, 0.2) is 15.1 Å². The summed E-state index contributed by atoms with van der Waals surface area (Å²) in [6, 6.07) is 7.49. The molecular weight excluding hydrogens is 457 g/mol. The van der Waals surface area contributed by atoms with Gasteiger partial charge in [-0.1, -0.05) is 82.9 Å². The van der Waals surface area contributed by atoms with Crippen LogP contribution in [0.2, 0.25) is 58.9 Å². The van der Waals surface area contributed by atoms with Gasteiger partial charge in [0, 0.05) is 25.1 Å². The molecule has 32 heavy (non-hydrogen) atoms. The van der Waals surface area contributed by atoms with E-state index >= 15 is 0 Å². The molecule has 2 N–H and O–H groups in total. The van der Waals surface area contributed by atoms with E-state index < -0.39 is 24.7 Å². The molecule has 1 rings (SSSR count). The largest absolute Gasteiger partial charge is 0.468 e. The minimum Gasteiger partial charge on any atom is -0.468 e. The molecule has 0 fully saturated rings. The third-order valence-electron chi connectivity index (χ3n) is 1.90. The topological polar surface area (TPSA) is 93.1 Å². The fourth-order valence-electron chi connectivity index (χ4n) is 1.09. The van der Waals surface area contributed by atoms with Gasteiger partial charge in [0.05, 0.1) is 0 Å². The summed E-state index contributed by atoms with van der Waals surface area (Å²) in [4.78, 5) is 32.5. The minimum absolute atomic E-state index is 0. The Hall–Kier alpha value is -0.849. The molecule has 0 aliphatic carbocycles. The summed E-state index contributed by atoms with van der Waals surface area (Å²) in [6.45, 7) is 19.0. The van der Waals surface area contributed by atoms with Crippen LogP contribution in [-0.4, -0.2) is 48.2 Å². The molecule has 0 saturated heterocycles. The standard InChI is InChI=1S/C10H16O3Si.C4H12Si.C3H10OSi.6CH4.O2/c1-12-8-13-9-4-6-10(7-5-9)14(2,3)11;2*1-5(2,3)4;;;;;;;1-2/h4-7,11H,8H2,1-3H3;1-4H3;4H,1-3H3;6*1H4;. The lowest BCUT2D eigenvalue weighted by Crippen LogP contribution is -2.41. The summed E-state index contributed by atoms with van der Waals surface area (Å²) in [5.74, 6) is 0.758. The van der Waals surface area contributed by atoms with Crippen molar-refractivity contribution in [2.75, 3.05) is 13.9 Å². The van der Waals surface area contributed by atoms with Crippen molar-refractivity contribution in [3.8, 4) is 5.75 Å². The third-order valence-corrected chi connectivity index (χ3v) is 3.65. The van der Waals surface area contributed by atoms with Crippen molar-refractivity contribution in [3.05, 3.63) is 34.2 Å². The van der Waals surface area contributed by atoms with Crippen LogP contribution in [0.25, 0.3) is 0 Å². The van der Waals surface area contributed by atoms with Crippen LogP contribution >= 0.6 is 0 Å². The fraction of sp³-hybridized carbons (Fsp3) is 0.739. The summed E-state index contributed by atoms with van der Waals surface area (Å²) in [5, 5.41) is 1.00. The molecule has 202 valence electrons. The van der Waals surface area contributed by atoms with Crippen LogP contribution in [0.5, 0.6) is 5.75 Å². The smallest absolute Gasteiger partial charge is 0.213 e. The number of hydrogen-bond acceptors (Lipinski definition) is 6. The number of rotatable bonds is 4. The lowest BCUT2D eigenvalue weighted by molar-refractivity contribution is 0.0511. The van der Waals surface area contributed by atoms with Crippen molar-refractivity contribution < 1.29 is 19.1 Å². The maximum atomic E-state index is 9.83. The van der Waals surface area contributed by atoms with Gasteiger partial charge < -0.3 is 19.1 Å². The highest BCUT2D eigenvalue weighted by Crippen LogP contribution is 2.09. The highest BCUT2D eigenvalue weighted by Gasteiger charge is 2.19. The van der Waals surface area contributed by atoms with E-state index in [1.54, 1.807) is 7.11 Å². The molecule has 0 aromatic heterocycles. The first kappa shape index (κ1) is 57.7. The van der Waals surface area contributed by atoms with Crippen molar-refractivity contribution in [3.63, 3.8) is 0 Å². The molecule has 0 radical (unpaired) electrons. The first-order valence-corrected chi connectivity index (χ1v) is 18.8. The van der Waals surface area contributed by atoms with Crippen LogP contribution in [0, 0.1) is 9.93 Å². The second kappa shape index (κ2) is 28.2. The molecular formula is C23H62O6Si3. The van der Waals surface area contributed by atoms with Crippen LogP contribution < -0.4 is 9.92 Å². The van der Waals surface area contributed by atoms with Gasteiger partial charge in [0.1, 0.15) is 5.75 Å². The molecule has 0 heterocycles. The van der Waals surface area contributed by atoms with Crippen molar-refractivity contribution in [1.29, 1.82) is 0 Å². The van der Waals surface area contributed by atoms with Gasteiger partial charge in [-0.15, -0.1) is 0 Å². The molecule has 0 aliphatic rings. The normalized spacial score (nSPS) is 8.88. The molecule has 0 aliphatic heterocycles. The zero-order chi connectivity index (χ0) is 21.6. The first-order valence-electron chi connectivity index (χ1n) is 8.37. The lowest BCUT2D eigenvalue weighted by atomic mass is 10.3. The van der Waals surface area contributed by atoms with E-state index in [1.165, 1.54) is 0 Å². The number of hydrogen-bond donors (Lipinski definition) is 2. The Kier molecular flexibility index (Phi) is 50.8. The molecule has 6 nitrogen and oxygen atoms in total. The predicted octanol–water partition coefficient (Wildman–Crippen LogP) is 7.73. The molecule has 1 aromatic carbocycles. The molecule has 1 aromatic rings. The molecule has 0 unspecified atom stereocenters. The Balaban J connectivity index is -0.0000000364. The predicted molar refractivity (Wildman–Crippen MR) is 160 cm³/mol. The maximum absolute atomic E-state index is 9.83. The second-order valence-electron chi connectivity index (χ2n) is 8.81. The summed E-state index contributed by atoms with van der Waals surface area (Å²) in [7, 11) is -2.82. The molecule has 0 saturated carbocycles. The zero-order valence-corrected chi connectivity index (χ0v) is 21.0. The van der Waals surface area contributed by atoms with Gasteiger partial charge in [0.2, 0.25) is 8.32 Å². The second-order valence-corrected chi connectivity index (χ2v) is 22.8. The van der Waals surface area contributed by atoms with Gasteiger partial charge >= 0.3 is 0 Å². The monoisotopic (exact) mass is 518 g/mol. The van der Waals surface area contributed by atoms with Gasteiger partial charge in [-0.3, -0.25) is 0 Å². The Labute approximate surface area is 206 Å². The van der Waals surface area contributed by atoms with Crippen molar-refractivity contribution in [1.82, 2.24) is 0 Å². The van der Waals surface area contributed by atoms with E-state index in [-0.39, 0.29) is 51.4 Å². The van der Waals surface area contributed by atoms with Crippen LogP contribution in [0.15, 0.2) is 24.3 Å². The van der Waals surface area contributed by atoms with Crippen molar-refractivity contribution in [2.45, 2.75) is 103 Å². The molecule has 0 amide bonds.